The highest BCUT2D eigenvalue weighted by Crippen LogP contribution is 2.29. The van der Waals surface area contributed by atoms with Crippen LogP contribution in [-0.2, 0) is 23.9 Å². The second-order valence-corrected chi connectivity index (χ2v) is 6.24. The third-order valence-corrected chi connectivity index (χ3v) is 4.12. The summed E-state index contributed by atoms with van der Waals surface area (Å²) in [5, 5.41) is 11.9. The van der Waals surface area contributed by atoms with E-state index in [-0.39, 0.29) is 6.61 Å². The summed E-state index contributed by atoms with van der Waals surface area (Å²) >= 11 is 0. The monoisotopic (exact) mass is 384 g/mol. The summed E-state index contributed by atoms with van der Waals surface area (Å²) in [4.78, 5) is 0. The molecule has 0 spiro atoms. The quantitative estimate of drug-likeness (QED) is 0.619. The molecule has 2 aromatic carbocycles. The second-order valence-electron chi connectivity index (χ2n) is 6.24. The van der Waals surface area contributed by atoms with Crippen LogP contribution in [-0.4, -0.2) is 38.0 Å². The molecule has 0 aromatic heterocycles. The van der Waals surface area contributed by atoms with Crippen molar-refractivity contribution in [3.8, 4) is 5.75 Å². The van der Waals surface area contributed by atoms with Crippen LogP contribution in [0.5, 0.6) is 5.75 Å². The first-order chi connectivity index (χ1) is 12.9. The molecular formula is C20H25F3NO3+. The number of benzene rings is 2. The van der Waals surface area contributed by atoms with E-state index in [0.29, 0.717) is 26.1 Å². The number of hydrogen-bond donors (Lipinski definition) is 2. The molecule has 0 radical (unpaired) electrons. The molecule has 0 heterocycles. The lowest BCUT2D eigenvalue weighted by Gasteiger charge is -2.12. The molecular weight excluding hydrogens is 359 g/mol. The first-order valence-electron chi connectivity index (χ1n) is 8.75. The lowest BCUT2D eigenvalue weighted by atomic mass is 10.1. The standard InChI is InChI=1S/C20H24F3NO3/c1-26-19-5-3-2-4-16(19)13-27-14-18(25)12-24-11-10-15-6-8-17(9-7-15)20(21,22)23/h2-9,18,24-25H,10-14H2,1H3/p+1/t18-/m1/s1. The average molecular weight is 384 g/mol. The van der Waals surface area contributed by atoms with Gasteiger partial charge < -0.3 is 19.9 Å². The summed E-state index contributed by atoms with van der Waals surface area (Å²) in [6, 6.07) is 12.7. The number of rotatable bonds is 10. The smallest absolute Gasteiger partial charge is 0.416 e. The molecule has 0 fully saturated rings. The fourth-order valence-corrected chi connectivity index (χ4v) is 2.63. The molecule has 0 aliphatic heterocycles. The number of para-hydroxylation sites is 1. The van der Waals surface area contributed by atoms with Gasteiger partial charge in [-0.3, -0.25) is 0 Å². The van der Waals surface area contributed by atoms with Gasteiger partial charge in [0.05, 0.1) is 32.4 Å². The average Bonchev–Trinajstić information content (AvgIpc) is 2.65. The Morgan fingerprint density at radius 1 is 1.07 bits per heavy atom. The molecule has 3 N–H and O–H groups in total. The van der Waals surface area contributed by atoms with E-state index in [0.717, 1.165) is 29.0 Å². The van der Waals surface area contributed by atoms with Crippen LogP contribution in [0.15, 0.2) is 48.5 Å². The zero-order chi connectivity index (χ0) is 19.7. The SMILES string of the molecule is COc1ccccc1COC[C@H](O)C[NH2+]CCc1ccc(C(F)(F)F)cc1. The van der Waals surface area contributed by atoms with Gasteiger partial charge in [-0.2, -0.15) is 13.2 Å². The van der Waals surface area contributed by atoms with Crippen LogP contribution >= 0.6 is 0 Å². The van der Waals surface area contributed by atoms with Crippen molar-refractivity contribution in [2.45, 2.75) is 25.3 Å². The molecule has 4 nitrogen and oxygen atoms in total. The van der Waals surface area contributed by atoms with Gasteiger partial charge >= 0.3 is 6.18 Å². The third-order valence-electron chi connectivity index (χ3n) is 4.12. The number of quaternary nitrogens is 1. The van der Waals surface area contributed by atoms with E-state index >= 15 is 0 Å². The Morgan fingerprint density at radius 3 is 2.44 bits per heavy atom. The van der Waals surface area contributed by atoms with Crippen LogP contribution < -0.4 is 10.1 Å². The van der Waals surface area contributed by atoms with E-state index in [1.807, 2.05) is 29.6 Å². The first kappa shape index (κ1) is 21.2. The molecule has 27 heavy (non-hydrogen) atoms. The largest absolute Gasteiger partial charge is 0.496 e. The molecule has 0 saturated carbocycles. The van der Waals surface area contributed by atoms with E-state index in [1.165, 1.54) is 12.1 Å². The number of aliphatic hydroxyl groups excluding tert-OH is 1. The normalized spacial score (nSPS) is 12.8. The number of ether oxygens (including phenoxy) is 2. The fourth-order valence-electron chi connectivity index (χ4n) is 2.63. The third kappa shape index (κ3) is 7.21. The minimum Gasteiger partial charge on any atom is -0.496 e. The van der Waals surface area contributed by atoms with Crippen molar-refractivity contribution in [1.29, 1.82) is 0 Å². The Labute approximate surface area is 156 Å². The van der Waals surface area contributed by atoms with Crippen LogP contribution in [0, 0.1) is 0 Å². The molecule has 0 amide bonds. The molecule has 148 valence electrons. The zero-order valence-electron chi connectivity index (χ0n) is 15.2. The number of nitrogens with two attached hydrogens (primary N) is 1. The lowest BCUT2D eigenvalue weighted by Crippen LogP contribution is -2.87. The Morgan fingerprint density at radius 2 is 1.78 bits per heavy atom. The van der Waals surface area contributed by atoms with Crippen LogP contribution in [0.2, 0.25) is 0 Å². The maximum absolute atomic E-state index is 12.5. The van der Waals surface area contributed by atoms with E-state index in [9.17, 15) is 18.3 Å². The van der Waals surface area contributed by atoms with E-state index in [2.05, 4.69) is 0 Å². The van der Waals surface area contributed by atoms with E-state index < -0.39 is 17.8 Å². The number of aliphatic hydroxyl groups is 1. The van der Waals surface area contributed by atoms with E-state index in [4.69, 9.17) is 9.47 Å². The number of hydrogen-bond acceptors (Lipinski definition) is 3. The summed E-state index contributed by atoms with van der Waals surface area (Å²) in [6.45, 7) is 1.70. The van der Waals surface area contributed by atoms with Gasteiger partial charge in [0, 0.05) is 12.0 Å². The van der Waals surface area contributed by atoms with Gasteiger partial charge in [0.1, 0.15) is 18.4 Å². The number of halogens is 3. The highest BCUT2D eigenvalue weighted by atomic mass is 19.4. The molecule has 0 saturated heterocycles. The van der Waals surface area contributed by atoms with Crippen molar-refractivity contribution in [1.82, 2.24) is 0 Å². The van der Waals surface area contributed by atoms with E-state index in [1.54, 1.807) is 7.11 Å². The van der Waals surface area contributed by atoms with Crippen molar-refractivity contribution in [3.63, 3.8) is 0 Å². The van der Waals surface area contributed by atoms with Crippen molar-refractivity contribution < 1.29 is 33.1 Å². The predicted octanol–water partition coefficient (Wildman–Crippen LogP) is 2.40. The van der Waals surface area contributed by atoms with Gasteiger partial charge in [-0.05, 0) is 23.8 Å². The number of alkyl halides is 3. The highest BCUT2D eigenvalue weighted by Gasteiger charge is 2.29. The van der Waals surface area contributed by atoms with Gasteiger partial charge in [-0.25, -0.2) is 0 Å². The topological polar surface area (TPSA) is 55.3 Å². The molecule has 2 rings (SSSR count). The van der Waals surface area contributed by atoms with Crippen molar-refractivity contribution in [2.24, 2.45) is 0 Å². The number of methoxy groups -OCH3 is 1. The molecule has 0 aliphatic carbocycles. The highest BCUT2D eigenvalue weighted by molar-refractivity contribution is 5.32. The fraction of sp³-hybridized carbons (Fsp3) is 0.400. The van der Waals surface area contributed by atoms with Crippen molar-refractivity contribution >= 4 is 0 Å². The maximum Gasteiger partial charge on any atom is 0.416 e. The molecule has 1 atom stereocenters. The minimum atomic E-state index is -4.31. The van der Waals surface area contributed by atoms with Gasteiger partial charge in [-0.1, -0.05) is 30.3 Å². The lowest BCUT2D eigenvalue weighted by molar-refractivity contribution is -0.660. The molecule has 0 unspecified atom stereocenters. The Hall–Kier alpha value is -2.09. The van der Waals surface area contributed by atoms with Gasteiger partial charge in [0.15, 0.2) is 0 Å². The van der Waals surface area contributed by atoms with Gasteiger partial charge in [0.2, 0.25) is 0 Å². The Balaban J connectivity index is 1.62. The second kappa shape index (κ2) is 10.3. The minimum absolute atomic E-state index is 0.203. The van der Waals surface area contributed by atoms with Gasteiger partial charge in [-0.15, -0.1) is 0 Å². The summed E-state index contributed by atoms with van der Waals surface area (Å²) in [5.74, 6) is 0.745. The van der Waals surface area contributed by atoms with Crippen LogP contribution in [0.25, 0.3) is 0 Å². The summed E-state index contributed by atoms with van der Waals surface area (Å²) < 4.78 is 48.3. The van der Waals surface area contributed by atoms with Crippen molar-refractivity contribution in [3.05, 3.63) is 65.2 Å². The maximum atomic E-state index is 12.5. The predicted molar refractivity (Wildman–Crippen MR) is 95.5 cm³/mol. The van der Waals surface area contributed by atoms with Crippen LogP contribution in [0.4, 0.5) is 13.2 Å². The Bertz CT molecular complexity index is 690. The van der Waals surface area contributed by atoms with Crippen LogP contribution in [0.1, 0.15) is 16.7 Å². The molecule has 7 heteroatoms. The molecule has 2 aromatic rings. The van der Waals surface area contributed by atoms with Crippen molar-refractivity contribution in [2.75, 3.05) is 26.8 Å². The summed E-state index contributed by atoms with van der Waals surface area (Å²) in [6.07, 6.45) is -4.29. The van der Waals surface area contributed by atoms with Crippen LogP contribution in [0.3, 0.4) is 0 Å². The summed E-state index contributed by atoms with van der Waals surface area (Å²) in [7, 11) is 1.60. The summed E-state index contributed by atoms with van der Waals surface area (Å²) in [5.41, 5.74) is 1.11. The van der Waals surface area contributed by atoms with Gasteiger partial charge in [0.25, 0.3) is 0 Å². The zero-order valence-corrected chi connectivity index (χ0v) is 15.2. The molecule has 0 aliphatic rings. The Kier molecular flexibility index (Phi) is 8.09. The first-order valence-corrected chi connectivity index (χ1v) is 8.75. The molecule has 0 bridgehead atoms.